The molecule has 4 nitrogen and oxygen atoms in total. The molecule has 1 aromatic carbocycles. The van der Waals surface area contributed by atoms with Gasteiger partial charge in [-0.2, -0.15) is 0 Å². The highest BCUT2D eigenvalue weighted by atomic mass is 16.6. The maximum atomic E-state index is 11.5. The monoisotopic (exact) mass is 193 g/mol. The SMILES string of the molecule is CC(=O)OC(N)C(=O)c1ccccc1. The molecule has 1 rings (SSSR count). The predicted molar refractivity (Wildman–Crippen MR) is 50.5 cm³/mol. The number of nitrogens with two attached hydrogens (primary N) is 1. The van der Waals surface area contributed by atoms with Crippen molar-refractivity contribution in [1.29, 1.82) is 0 Å². The number of hydrogen-bond acceptors (Lipinski definition) is 4. The molecule has 0 radical (unpaired) electrons. The topological polar surface area (TPSA) is 69.4 Å². The normalized spacial score (nSPS) is 11.9. The van der Waals surface area contributed by atoms with Crippen LogP contribution in [0.3, 0.4) is 0 Å². The molecule has 4 heteroatoms. The summed E-state index contributed by atoms with van der Waals surface area (Å²) in [6.07, 6.45) is -1.21. The van der Waals surface area contributed by atoms with E-state index < -0.39 is 18.0 Å². The molecule has 0 bridgehead atoms. The molecule has 0 aliphatic heterocycles. The third-order valence-corrected chi connectivity index (χ3v) is 1.61. The zero-order valence-electron chi connectivity index (χ0n) is 7.77. The third kappa shape index (κ3) is 2.67. The standard InChI is InChI=1S/C10H11NO3/c1-7(12)14-10(11)9(13)8-5-3-2-4-6-8/h2-6,10H,11H2,1H3. The van der Waals surface area contributed by atoms with Crippen molar-refractivity contribution in [1.82, 2.24) is 0 Å². The fraction of sp³-hybridized carbons (Fsp3) is 0.200. The minimum Gasteiger partial charge on any atom is -0.439 e. The van der Waals surface area contributed by atoms with E-state index in [1.165, 1.54) is 6.92 Å². The van der Waals surface area contributed by atoms with Gasteiger partial charge in [-0.3, -0.25) is 15.3 Å². The molecule has 1 unspecified atom stereocenters. The minimum atomic E-state index is -1.21. The Labute approximate surface area is 81.7 Å². The first-order chi connectivity index (χ1) is 6.61. The maximum absolute atomic E-state index is 11.5. The molecule has 0 saturated carbocycles. The molecule has 0 saturated heterocycles. The molecular formula is C10H11NO3. The van der Waals surface area contributed by atoms with Gasteiger partial charge in [0.05, 0.1) is 0 Å². The van der Waals surface area contributed by atoms with Crippen LogP contribution in [0.25, 0.3) is 0 Å². The Morgan fingerprint density at radius 2 is 1.86 bits per heavy atom. The number of benzene rings is 1. The van der Waals surface area contributed by atoms with Gasteiger partial charge in [-0.25, -0.2) is 0 Å². The van der Waals surface area contributed by atoms with E-state index in [0.717, 1.165) is 0 Å². The van der Waals surface area contributed by atoms with Gasteiger partial charge in [0.1, 0.15) is 0 Å². The first-order valence-corrected chi connectivity index (χ1v) is 4.13. The van der Waals surface area contributed by atoms with Crippen molar-refractivity contribution in [3.8, 4) is 0 Å². The van der Waals surface area contributed by atoms with Gasteiger partial charge in [-0.15, -0.1) is 0 Å². The Bertz CT molecular complexity index is 334. The lowest BCUT2D eigenvalue weighted by atomic mass is 10.1. The quantitative estimate of drug-likeness (QED) is 0.436. The summed E-state index contributed by atoms with van der Waals surface area (Å²) in [4.78, 5) is 22.0. The Hall–Kier alpha value is -1.68. The van der Waals surface area contributed by atoms with Crippen molar-refractivity contribution in [2.24, 2.45) is 5.73 Å². The molecule has 14 heavy (non-hydrogen) atoms. The molecule has 1 atom stereocenters. The molecule has 0 amide bonds. The number of ether oxygens (including phenoxy) is 1. The van der Waals surface area contributed by atoms with Gasteiger partial charge in [-0.05, 0) is 0 Å². The first-order valence-electron chi connectivity index (χ1n) is 4.13. The Balaban J connectivity index is 2.71. The van der Waals surface area contributed by atoms with Crippen molar-refractivity contribution in [3.05, 3.63) is 35.9 Å². The van der Waals surface area contributed by atoms with E-state index in [0.29, 0.717) is 5.56 Å². The molecule has 2 N–H and O–H groups in total. The van der Waals surface area contributed by atoms with Crippen LogP contribution in [0.5, 0.6) is 0 Å². The maximum Gasteiger partial charge on any atom is 0.304 e. The second-order valence-corrected chi connectivity index (χ2v) is 2.76. The number of hydrogen-bond donors (Lipinski definition) is 1. The molecule has 0 fully saturated rings. The Morgan fingerprint density at radius 3 is 2.36 bits per heavy atom. The summed E-state index contributed by atoms with van der Waals surface area (Å²) in [7, 11) is 0. The van der Waals surface area contributed by atoms with Crippen LogP contribution in [0.15, 0.2) is 30.3 Å². The first kappa shape index (κ1) is 10.4. The van der Waals surface area contributed by atoms with E-state index >= 15 is 0 Å². The van der Waals surface area contributed by atoms with E-state index in [1.54, 1.807) is 30.3 Å². The van der Waals surface area contributed by atoms with Gasteiger partial charge < -0.3 is 4.74 Å². The summed E-state index contributed by atoms with van der Waals surface area (Å²) >= 11 is 0. The summed E-state index contributed by atoms with van der Waals surface area (Å²) < 4.78 is 4.56. The molecular weight excluding hydrogens is 182 g/mol. The highest BCUT2D eigenvalue weighted by Crippen LogP contribution is 2.03. The van der Waals surface area contributed by atoms with Gasteiger partial charge in [-0.1, -0.05) is 30.3 Å². The lowest BCUT2D eigenvalue weighted by molar-refractivity contribution is -0.144. The molecule has 0 spiro atoms. The van der Waals surface area contributed by atoms with Gasteiger partial charge in [0, 0.05) is 12.5 Å². The van der Waals surface area contributed by atoms with Crippen LogP contribution in [0.1, 0.15) is 17.3 Å². The third-order valence-electron chi connectivity index (χ3n) is 1.61. The van der Waals surface area contributed by atoms with Crippen LogP contribution in [-0.2, 0) is 9.53 Å². The average molecular weight is 193 g/mol. The van der Waals surface area contributed by atoms with Crippen molar-refractivity contribution in [2.45, 2.75) is 13.2 Å². The van der Waals surface area contributed by atoms with Crippen molar-refractivity contribution < 1.29 is 14.3 Å². The van der Waals surface area contributed by atoms with E-state index in [1.807, 2.05) is 0 Å². The zero-order valence-corrected chi connectivity index (χ0v) is 7.77. The Kier molecular flexibility index (Phi) is 3.36. The summed E-state index contributed by atoms with van der Waals surface area (Å²) in [5.74, 6) is -0.970. The van der Waals surface area contributed by atoms with Crippen LogP contribution < -0.4 is 5.73 Å². The lowest BCUT2D eigenvalue weighted by Crippen LogP contribution is -2.34. The second-order valence-electron chi connectivity index (χ2n) is 2.76. The second kappa shape index (κ2) is 4.53. The molecule has 74 valence electrons. The van der Waals surface area contributed by atoms with Crippen LogP contribution in [0, 0.1) is 0 Å². The number of carbonyl (C=O) groups is 2. The predicted octanol–water partition coefficient (Wildman–Crippen LogP) is 0.717. The Morgan fingerprint density at radius 1 is 1.29 bits per heavy atom. The number of ketones is 1. The number of carbonyl (C=O) groups excluding carboxylic acids is 2. The van der Waals surface area contributed by atoms with Gasteiger partial charge >= 0.3 is 5.97 Å². The van der Waals surface area contributed by atoms with Gasteiger partial charge in [0.25, 0.3) is 0 Å². The van der Waals surface area contributed by atoms with Crippen LogP contribution in [-0.4, -0.2) is 18.0 Å². The number of rotatable bonds is 3. The summed E-state index contributed by atoms with van der Waals surface area (Å²) in [6.45, 7) is 1.21. The average Bonchev–Trinajstić information content (AvgIpc) is 2.17. The lowest BCUT2D eigenvalue weighted by Gasteiger charge is -2.09. The summed E-state index contributed by atoms with van der Waals surface area (Å²) in [5, 5.41) is 0. The highest BCUT2D eigenvalue weighted by Gasteiger charge is 2.17. The smallest absolute Gasteiger partial charge is 0.304 e. The summed E-state index contributed by atoms with van der Waals surface area (Å²) in [5.41, 5.74) is 5.79. The fourth-order valence-corrected chi connectivity index (χ4v) is 0.999. The van der Waals surface area contributed by atoms with Gasteiger partial charge in [0.2, 0.25) is 12.0 Å². The molecule has 1 aromatic rings. The van der Waals surface area contributed by atoms with E-state index in [4.69, 9.17) is 5.73 Å². The van der Waals surface area contributed by atoms with E-state index in [-0.39, 0.29) is 0 Å². The van der Waals surface area contributed by atoms with Crippen molar-refractivity contribution >= 4 is 11.8 Å². The van der Waals surface area contributed by atoms with Crippen LogP contribution >= 0.6 is 0 Å². The van der Waals surface area contributed by atoms with E-state index in [9.17, 15) is 9.59 Å². The minimum absolute atomic E-state index is 0.402. The van der Waals surface area contributed by atoms with Gasteiger partial charge in [0.15, 0.2) is 0 Å². The largest absolute Gasteiger partial charge is 0.439 e. The van der Waals surface area contributed by atoms with E-state index in [2.05, 4.69) is 4.74 Å². The van der Waals surface area contributed by atoms with Crippen LogP contribution in [0.4, 0.5) is 0 Å². The summed E-state index contributed by atoms with van der Waals surface area (Å²) in [6, 6.07) is 8.45. The highest BCUT2D eigenvalue weighted by molar-refractivity contribution is 5.99. The zero-order chi connectivity index (χ0) is 10.6. The van der Waals surface area contributed by atoms with Crippen LogP contribution in [0.2, 0.25) is 0 Å². The number of Topliss-reactive ketones (excluding diaryl/α,β-unsaturated/α-hetero) is 1. The molecule has 0 aliphatic rings. The molecule has 0 aliphatic carbocycles. The molecule has 0 aromatic heterocycles. The molecule has 0 heterocycles. The fourth-order valence-electron chi connectivity index (χ4n) is 0.999. The van der Waals surface area contributed by atoms with Crippen molar-refractivity contribution in [2.75, 3.05) is 0 Å². The number of esters is 1. The van der Waals surface area contributed by atoms with Crippen molar-refractivity contribution in [3.63, 3.8) is 0 Å².